The molecule has 0 spiro atoms. The maximum atomic E-state index is 9.89. The molecular formula is C14H22N2O2. The average Bonchev–Trinajstić information content (AvgIpc) is 2.32. The lowest BCUT2D eigenvalue weighted by Crippen LogP contribution is -2.48. The van der Waals surface area contributed by atoms with E-state index in [1.807, 2.05) is 6.92 Å². The number of aromatic hydroxyl groups is 2. The standard InChI is InChI=1S/C14H22N2O2/c1-9-6-7-16(8-11(9)15)10(2)14-12(17)4-3-5-13(14)18/h3-5,9-11,17-18H,6-8,15H2,1-2H3. The predicted octanol–water partition coefficient (Wildman–Crippen LogP) is 1.83. The monoisotopic (exact) mass is 250 g/mol. The van der Waals surface area contributed by atoms with Crippen LogP contribution >= 0.6 is 0 Å². The number of likely N-dealkylation sites (tertiary alicyclic amines) is 1. The van der Waals surface area contributed by atoms with Crippen LogP contribution in [0.2, 0.25) is 0 Å². The van der Waals surface area contributed by atoms with Crippen molar-refractivity contribution < 1.29 is 10.2 Å². The van der Waals surface area contributed by atoms with Crippen molar-refractivity contribution in [3.8, 4) is 11.5 Å². The fourth-order valence-electron chi connectivity index (χ4n) is 2.63. The molecule has 1 saturated heterocycles. The van der Waals surface area contributed by atoms with Crippen molar-refractivity contribution in [2.45, 2.75) is 32.4 Å². The van der Waals surface area contributed by atoms with Gasteiger partial charge in [-0.3, -0.25) is 4.90 Å². The number of hydrogen-bond acceptors (Lipinski definition) is 4. The van der Waals surface area contributed by atoms with Crippen molar-refractivity contribution in [3.05, 3.63) is 23.8 Å². The molecule has 3 unspecified atom stereocenters. The van der Waals surface area contributed by atoms with Crippen molar-refractivity contribution >= 4 is 0 Å². The minimum absolute atomic E-state index is 0.0234. The predicted molar refractivity (Wildman–Crippen MR) is 71.5 cm³/mol. The zero-order valence-corrected chi connectivity index (χ0v) is 11.0. The van der Waals surface area contributed by atoms with Gasteiger partial charge in [-0.05, 0) is 37.9 Å². The molecule has 0 radical (unpaired) electrons. The number of nitrogens with zero attached hydrogens (tertiary/aromatic N) is 1. The number of nitrogens with two attached hydrogens (primary N) is 1. The molecule has 0 bridgehead atoms. The van der Waals surface area contributed by atoms with Crippen LogP contribution in [0.3, 0.4) is 0 Å². The van der Waals surface area contributed by atoms with E-state index >= 15 is 0 Å². The molecule has 1 aromatic carbocycles. The highest BCUT2D eigenvalue weighted by atomic mass is 16.3. The van der Waals surface area contributed by atoms with E-state index < -0.39 is 0 Å². The minimum Gasteiger partial charge on any atom is -0.507 e. The summed E-state index contributed by atoms with van der Waals surface area (Å²) < 4.78 is 0. The Morgan fingerprint density at radius 3 is 2.50 bits per heavy atom. The van der Waals surface area contributed by atoms with Crippen LogP contribution in [0, 0.1) is 5.92 Å². The first-order chi connectivity index (χ1) is 8.50. The van der Waals surface area contributed by atoms with Gasteiger partial charge in [0.05, 0.1) is 5.56 Å². The molecule has 4 heteroatoms. The van der Waals surface area contributed by atoms with Gasteiger partial charge in [-0.2, -0.15) is 0 Å². The molecule has 4 N–H and O–H groups in total. The molecule has 3 atom stereocenters. The third-order valence-corrected chi connectivity index (χ3v) is 4.07. The maximum Gasteiger partial charge on any atom is 0.124 e. The molecule has 1 fully saturated rings. The minimum atomic E-state index is -0.0234. The van der Waals surface area contributed by atoms with Crippen molar-refractivity contribution in [2.75, 3.05) is 13.1 Å². The number of piperidine rings is 1. The SMILES string of the molecule is CC1CCN(C(C)c2c(O)cccc2O)CC1N. The van der Waals surface area contributed by atoms with Crippen LogP contribution in [0.15, 0.2) is 18.2 Å². The molecule has 18 heavy (non-hydrogen) atoms. The van der Waals surface area contributed by atoms with Gasteiger partial charge in [-0.1, -0.05) is 13.0 Å². The van der Waals surface area contributed by atoms with E-state index in [4.69, 9.17) is 5.73 Å². The Labute approximate surface area is 108 Å². The van der Waals surface area contributed by atoms with Gasteiger partial charge < -0.3 is 15.9 Å². The van der Waals surface area contributed by atoms with E-state index in [2.05, 4.69) is 11.8 Å². The van der Waals surface area contributed by atoms with Gasteiger partial charge in [0.2, 0.25) is 0 Å². The number of rotatable bonds is 2. The third-order valence-electron chi connectivity index (χ3n) is 4.07. The summed E-state index contributed by atoms with van der Waals surface area (Å²) in [7, 11) is 0. The summed E-state index contributed by atoms with van der Waals surface area (Å²) in [6.45, 7) is 5.92. The smallest absolute Gasteiger partial charge is 0.124 e. The van der Waals surface area contributed by atoms with E-state index in [0.29, 0.717) is 11.5 Å². The van der Waals surface area contributed by atoms with E-state index in [1.54, 1.807) is 18.2 Å². The largest absolute Gasteiger partial charge is 0.507 e. The van der Waals surface area contributed by atoms with E-state index in [1.165, 1.54) is 0 Å². The van der Waals surface area contributed by atoms with Crippen LogP contribution in [-0.4, -0.2) is 34.2 Å². The maximum absolute atomic E-state index is 9.89. The van der Waals surface area contributed by atoms with Crippen LogP contribution < -0.4 is 5.73 Å². The van der Waals surface area contributed by atoms with Gasteiger partial charge in [0.25, 0.3) is 0 Å². The molecule has 100 valence electrons. The van der Waals surface area contributed by atoms with E-state index in [-0.39, 0.29) is 23.6 Å². The lowest BCUT2D eigenvalue weighted by molar-refractivity contribution is 0.125. The van der Waals surface area contributed by atoms with E-state index in [9.17, 15) is 10.2 Å². The van der Waals surface area contributed by atoms with Crippen molar-refractivity contribution in [1.82, 2.24) is 4.90 Å². The zero-order chi connectivity index (χ0) is 13.3. The first-order valence-corrected chi connectivity index (χ1v) is 6.51. The Balaban J connectivity index is 2.19. The summed E-state index contributed by atoms with van der Waals surface area (Å²) in [6.07, 6.45) is 1.06. The van der Waals surface area contributed by atoms with Crippen LogP contribution in [0.5, 0.6) is 11.5 Å². The summed E-state index contributed by atoms with van der Waals surface area (Å²) >= 11 is 0. The van der Waals surface area contributed by atoms with Gasteiger partial charge in [-0.25, -0.2) is 0 Å². The molecule has 4 nitrogen and oxygen atoms in total. The number of phenols is 2. The third kappa shape index (κ3) is 2.44. The Morgan fingerprint density at radius 2 is 1.94 bits per heavy atom. The molecule has 0 aliphatic carbocycles. The summed E-state index contributed by atoms with van der Waals surface area (Å²) in [5.74, 6) is 0.829. The van der Waals surface area contributed by atoms with Gasteiger partial charge in [0.15, 0.2) is 0 Å². The van der Waals surface area contributed by atoms with Crippen molar-refractivity contribution in [2.24, 2.45) is 11.7 Å². The molecule has 1 heterocycles. The molecule has 0 amide bonds. The Hall–Kier alpha value is -1.26. The lowest BCUT2D eigenvalue weighted by Gasteiger charge is -2.39. The Bertz CT molecular complexity index is 402. The summed E-state index contributed by atoms with van der Waals surface area (Å²) in [5.41, 5.74) is 6.69. The van der Waals surface area contributed by atoms with E-state index in [0.717, 1.165) is 19.5 Å². The molecule has 1 aliphatic rings. The van der Waals surface area contributed by atoms with Crippen LogP contribution in [-0.2, 0) is 0 Å². The Morgan fingerprint density at radius 1 is 1.33 bits per heavy atom. The number of benzene rings is 1. The van der Waals surface area contributed by atoms with Crippen molar-refractivity contribution in [3.63, 3.8) is 0 Å². The molecule has 0 aromatic heterocycles. The summed E-state index contributed by atoms with van der Waals surface area (Å²) in [6, 6.07) is 5.00. The van der Waals surface area contributed by atoms with Gasteiger partial charge in [0.1, 0.15) is 11.5 Å². The topological polar surface area (TPSA) is 69.7 Å². The Kier molecular flexibility index (Phi) is 3.78. The second-order valence-corrected chi connectivity index (χ2v) is 5.31. The van der Waals surface area contributed by atoms with Crippen molar-refractivity contribution in [1.29, 1.82) is 0 Å². The van der Waals surface area contributed by atoms with Crippen LogP contribution in [0.25, 0.3) is 0 Å². The lowest BCUT2D eigenvalue weighted by atomic mass is 9.92. The second-order valence-electron chi connectivity index (χ2n) is 5.31. The normalized spacial score (nSPS) is 27.1. The molecule has 0 saturated carbocycles. The second kappa shape index (κ2) is 5.16. The van der Waals surface area contributed by atoms with Gasteiger partial charge >= 0.3 is 0 Å². The molecule has 1 aromatic rings. The van der Waals surface area contributed by atoms with Crippen LogP contribution in [0.1, 0.15) is 31.9 Å². The fourth-order valence-corrected chi connectivity index (χ4v) is 2.63. The fraction of sp³-hybridized carbons (Fsp3) is 0.571. The first kappa shape index (κ1) is 13.2. The summed E-state index contributed by atoms with van der Waals surface area (Å²) in [4.78, 5) is 2.22. The highest BCUT2D eigenvalue weighted by Gasteiger charge is 2.28. The highest BCUT2D eigenvalue weighted by molar-refractivity contribution is 5.45. The molecule has 1 aliphatic heterocycles. The average molecular weight is 250 g/mol. The highest BCUT2D eigenvalue weighted by Crippen LogP contribution is 2.36. The first-order valence-electron chi connectivity index (χ1n) is 6.51. The van der Waals surface area contributed by atoms with Gasteiger partial charge in [0, 0.05) is 18.6 Å². The number of phenolic OH excluding ortho intramolecular Hbond substituents is 2. The summed E-state index contributed by atoms with van der Waals surface area (Å²) in [5, 5.41) is 19.8. The van der Waals surface area contributed by atoms with Crippen LogP contribution in [0.4, 0.5) is 0 Å². The molecule has 2 rings (SSSR count). The zero-order valence-electron chi connectivity index (χ0n) is 11.0. The molecular weight excluding hydrogens is 228 g/mol. The number of hydrogen-bond donors (Lipinski definition) is 3. The quantitative estimate of drug-likeness (QED) is 0.749. The van der Waals surface area contributed by atoms with Gasteiger partial charge in [-0.15, -0.1) is 0 Å².